The van der Waals surface area contributed by atoms with Gasteiger partial charge in [0.15, 0.2) is 0 Å². The number of hydrogen-bond acceptors (Lipinski definition) is 4. The second kappa shape index (κ2) is 6.70. The van der Waals surface area contributed by atoms with Crippen LogP contribution in [0.15, 0.2) is 18.2 Å². The quantitative estimate of drug-likeness (QED) is 0.663. The summed E-state index contributed by atoms with van der Waals surface area (Å²) in [6, 6.07) is 4.73. The third-order valence-corrected chi connectivity index (χ3v) is 4.19. The summed E-state index contributed by atoms with van der Waals surface area (Å²) in [5.41, 5.74) is 6.72. The van der Waals surface area contributed by atoms with E-state index in [4.69, 9.17) is 10.5 Å². The zero-order chi connectivity index (χ0) is 14.5. The molecule has 2 atom stereocenters. The average molecular weight is 278 g/mol. The predicted molar refractivity (Wildman–Crippen MR) is 77.8 cm³/mol. The molecule has 2 rings (SSSR count). The van der Waals surface area contributed by atoms with E-state index in [2.05, 4.69) is 0 Å². The minimum atomic E-state index is -0.387. The van der Waals surface area contributed by atoms with Crippen LogP contribution in [0.5, 0.6) is 5.75 Å². The minimum absolute atomic E-state index is 0.104. The molecule has 0 radical (unpaired) electrons. The van der Waals surface area contributed by atoms with Crippen molar-refractivity contribution in [1.29, 1.82) is 0 Å². The molecule has 0 amide bonds. The molecule has 5 nitrogen and oxygen atoms in total. The summed E-state index contributed by atoms with van der Waals surface area (Å²) in [7, 11) is 0. The van der Waals surface area contributed by atoms with Crippen LogP contribution in [-0.4, -0.2) is 18.1 Å². The summed E-state index contributed by atoms with van der Waals surface area (Å²) in [6.45, 7) is 3.21. The maximum Gasteiger partial charge on any atom is 0.269 e. The van der Waals surface area contributed by atoms with Crippen molar-refractivity contribution in [1.82, 2.24) is 0 Å². The van der Waals surface area contributed by atoms with E-state index in [0.717, 1.165) is 17.7 Å². The smallest absolute Gasteiger partial charge is 0.269 e. The van der Waals surface area contributed by atoms with Gasteiger partial charge in [-0.3, -0.25) is 10.1 Å². The SMILES string of the molecule is Cc1cc([N+](=O)[O-])ccc1OCC1CCCCC1CN. The lowest BCUT2D eigenvalue weighted by Gasteiger charge is -2.30. The van der Waals surface area contributed by atoms with Gasteiger partial charge in [-0.1, -0.05) is 12.8 Å². The van der Waals surface area contributed by atoms with Crippen molar-refractivity contribution in [2.24, 2.45) is 17.6 Å². The molecule has 0 heterocycles. The average Bonchev–Trinajstić information content (AvgIpc) is 2.46. The number of rotatable bonds is 5. The Morgan fingerprint density at radius 1 is 1.35 bits per heavy atom. The van der Waals surface area contributed by atoms with E-state index in [1.165, 1.54) is 25.3 Å². The van der Waals surface area contributed by atoms with Gasteiger partial charge in [0, 0.05) is 12.1 Å². The Morgan fingerprint density at radius 2 is 2.05 bits per heavy atom. The molecule has 0 bridgehead atoms. The van der Waals surface area contributed by atoms with Crippen LogP contribution in [0.4, 0.5) is 5.69 Å². The largest absolute Gasteiger partial charge is 0.493 e. The van der Waals surface area contributed by atoms with E-state index >= 15 is 0 Å². The fourth-order valence-corrected chi connectivity index (χ4v) is 2.92. The Morgan fingerprint density at radius 3 is 2.65 bits per heavy atom. The monoisotopic (exact) mass is 278 g/mol. The summed E-state index contributed by atoms with van der Waals surface area (Å²) in [4.78, 5) is 10.3. The van der Waals surface area contributed by atoms with Crippen molar-refractivity contribution < 1.29 is 9.66 Å². The third-order valence-electron chi connectivity index (χ3n) is 4.19. The maximum absolute atomic E-state index is 10.7. The molecule has 5 heteroatoms. The maximum atomic E-state index is 10.7. The van der Waals surface area contributed by atoms with Crippen LogP contribution in [0.25, 0.3) is 0 Å². The molecule has 1 saturated carbocycles. The number of nitrogens with zero attached hydrogens (tertiary/aromatic N) is 1. The zero-order valence-corrected chi connectivity index (χ0v) is 11.9. The molecule has 1 aromatic rings. The molecule has 1 aliphatic rings. The number of nitrogens with two attached hydrogens (primary N) is 1. The van der Waals surface area contributed by atoms with Crippen molar-refractivity contribution in [2.45, 2.75) is 32.6 Å². The van der Waals surface area contributed by atoms with Gasteiger partial charge in [0.05, 0.1) is 11.5 Å². The summed E-state index contributed by atoms with van der Waals surface area (Å²) >= 11 is 0. The molecule has 1 fully saturated rings. The number of aryl methyl sites for hydroxylation is 1. The third kappa shape index (κ3) is 3.48. The lowest BCUT2D eigenvalue weighted by atomic mass is 9.80. The highest BCUT2D eigenvalue weighted by Crippen LogP contribution is 2.31. The molecular formula is C15H22N2O3. The Labute approximate surface area is 119 Å². The molecule has 0 aliphatic heterocycles. The van der Waals surface area contributed by atoms with Crippen molar-refractivity contribution in [3.63, 3.8) is 0 Å². The molecule has 110 valence electrons. The minimum Gasteiger partial charge on any atom is -0.493 e. The van der Waals surface area contributed by atoms with Crippen LogP contribution in [0.1, 0.15) is 31.2 Å². The van der Waals surface area contributed by atoms with Crippen LogP contribution in [0.2, 0.25) is 0 Å². The second-order valence-corrected chi connectivity index (χ2v) is 5.56. The standard InChI is InChI=1S/C15H22N2O3/c1-11-8-14(17(18)19)6-7-15(11)20-10-13-5-3-2-4-12(13)9-16/h6-8,12-13H,2-5,9-10,16H2,1H3. The Bertz CT molecular complexity index is 476. The van der Waals surface area contributed by atoms with Crippen LogP contribution in [0.3, 0.4) is 0 Å². The number of nitro benzene ring substituents is 1. The molecule has 0 aromatic heterocycles. The highest BCUT2D eigenvalue weighted by Gasteiger charge is 2.24. The molecule has 0 saturated heterocycles. The molecule has 2 N–H and O–H groups in total. The first kappa shape index (κ1) is 14.8. The Kier molecular flexibility index (Phi) is 4.95. The van der Waals surface area contributed by atoms with Crippen molar-refractivity contribution >= 4 is 5.69 Å². The van der Waals surface area contributed by atoms with E-state index in [-0.39, 0.29) is 10.6 Å². The van der Waals surface area contributed by atoms with E-state index in [9.17, 15) is 10.1 Å². The molecular weight excluding hydrogens is 256 g/mol. The highest BCUT2D eigenvalue weighted by atomic mass is 16.6. The number of nitro groups is 1. The number of hydrogen-bond donors (Lipinski definition) is 1. The van der Waals surface area contributed by atoms with Gasteiger partial charge < -0.3 is 10.5 Å². The van der Waals surface area contributed by atoms with E-state index < -0.39 is 0 Å². The summed E-state index contributed by atoms with van der Waals surface area (Å²) in [6.07, 6.45) is 4.84. The summed E-state index contributed by atoms with van der Waals surface area (Å²) < 4.78 is 5.86. The highest BCUT2D eigenvalue weighted by molar-refractivity contribution is 5.42. The first-order chi connectivity index (χ1) is 9.61. The topological polar surface area (TPSA) is 78.4 Å². The van der Waals surface area contributed by atoms with E-state index in [0.29, 0.717) is 25.0 Å². The van der Waals surface area contributed by atoms with Crippen LogP contribution in [-0.2, 0) is 0 Å². The molecule has 1 aliphatic carbocycles. The van der Waals surface area contributed by atoms with Gasteiger partial charge in [-0.25, -0.2) is 0 Å². The Hall–Kier alpha value is -1.62. The lowest BCUT2D eigenvalue weighted by Crippen LogP contribution is -2.30. The zero-order valence-electron chi connectivity index (χ0n) is 11.9. The van der Waals surface area contributed by atoms with E-state index in [1.807, 2.05) is 6.92 Å². The van der Waals surface area contributed by atoms with E-state index in [1.54, 1.807) is 12.1 Å². The van der Waals surface area contributed by atoms with Gasteiger partial charge >= 0.3 is 0 Å². The van der Waals surface area contributed by atoms with Gasteiger partial charge in [-0.15, -0.1) is 0 Å². The first-order valence-corrected chi connectivity index (χ1v) is 7.19. The number of benzene rings is 1. The Balaban J connectivity index is 1.98. The second-order valence-electron chi connectivity index (χ2n) is 5.56. The summed E-state index contributed by atoms with van der Waals surface area (Å²) in [5.74, 6) is 1.78. The molecule has 0 spiro atoms. The van der Waals surface area contributed by atoms with Gasteiger partial charge in [0.25, 0.3) is 5.69 Å². The van der Waals surface area contributed by atoms with Gasteiger partial charge in [-0.05, 0) is 49.8 Å². The van der Waals surface area contributed by atoms with Crippen LogP contribution >= 0.6 is 0 Å². The van der Waals surface area contributed by atoms with Gasteiger partial charge in [0.1, 0.15) is 5.75 Å². The van der Waals surface area contributed by atoms with Gasteiger partial charge in [-0.2, -0.15) is 0 Å². The lowest BCUT2D eigenvalue weighted by molar-refractivity contribution is -0.384. The van der Waals surface area contributed by atoms with Crippen LogP contribution in [0, 0.1) is 28.9 Å². The van der Waals surface area contributed by atoms with Crippen molar-refractivity contribution in [2.75, 3.05) is 13.2 Å². The molecule has 2 unspecified atom stereocenters. The van der Waals surface area contributed by atoms with Gasteiger partial charge in [0.2, 0.25) is 0 Å². The van der Waals surface area contributed by atoms with Crippen molar-refractivity contribution in [3.8, 4) is 5.75 Å². The normalized spacial score (nSPS) is 22.5. The van der Waals surface area contributed by atoms with Crippen molar-refractivity contribution in [3.05, 3.63) is 33.9 Å². The first-order valence-electron chi connectivity index (χ1n) is 7.19. The fourth-order valence-electron chi connectivity index (χ4n) is 2.92. The fraction of sp³-hybridized carbons (Fsp3) is 0.600. The number of non-ortho nitro benzene ring substituents is 1. The molecule has 1 aromatic carbocycles. The predicted octanol–water partition coefficient (Wildman–Crippen LogP) is 3.05. The summed E-state index contributed by atoms with van der Waals surface area (Å²) in [5, 5.41) is 10.7. The molecule has 20 heavy (non-hydrogen) atoms. The number of ether oxygens (including phenoxy) is 1. The van der Waals surface area contributed by atoms with Crippen LogP contribution < -0.4 is 10.5 Å².